The lowest BCUT2D eigenvalue weighted by Gasteiger charge is -2.17. The van der Waals surface area contributed by atoms with E-state index in [4.69, 9.17) is 9.84 Å². The molecule has 0 amide bonds. The zero-order valence-corrected chi connectivity index (χ0v) is 9.89. The molecule has 8 nitrogen and oxygen atoms in total. The van der Waals surface area contributed by atoms with Crippen molar-refractivity contribution in [2.24, 2.45) is 0 Å². The molecule has 4 atom stereocenters. The first kappa shape index (κ1) is 13.7. The molecule has 0 bridgehead atoms. The number of ether oxygens (including phenoxy) is 1. The number of hydrogen-bond acceptors (Lipinski definition) is 6. The van der Waals surface area contributed by atoms with Crippen LogP contribution in [0.1, 0.15) is 11.8 Å². The van der Waals surface area contributed by atoms with E-state index in [1.54, 1.807) is 0 Å². The second-order valence-corrected chi connectivity index (χ2v) is 4.18. The number of H-pyrrole nitrogens is 1. The third kappa shape index (κ3) is 2.26. The fourth-order valence-corrected chi connectivity index (χ4v) is 1.95. The van der Waals surface area contributed by atoms with Crippen molar-refractivity contribution in [3.05, 3.63) is 39.2 Å². The topological polar surface area (TPSA) is 125 Å². The van der Waals surface area contributed by atoms with Gasteiger partial charge in [0.1, 0.15) is 18.3 Å². The summed E-state index contributed by atoms with van der Waals surface area (Å²) >= 11 is 0. The zero-order valence-electron chi connectivity index (χ0n) is 9.89. The van der Waals surface area contributed by atoms with Gasteiger partial charge < -0.3 is 20.1 Å². The van der Waals surface area contributed by atoms with Crippen molar-refractivity contribution in [2.75, 3.05) is 6.61 Å². The standard InChI is InChI=1S/C11H14N2O6/c1-2-5-3-13(11(18)12-9(5)17)10-8(16)7(15)6(4-14)19-10/h2-3,6-8,10,14-16H,1,4H2,(H,12,17,18)/t6?,7-,8+,10-/m1/s1. The second-order valence-electron chi connectivity index (χ2n) is 4.18. The highest BCUT2D eigenvalue weighted by atomic mass is 16.6. The summed E-state index contributed by atoms with van der Waals surface area (Å²) in [4.78, 5) is 25.1. The van der Waals surface area contributed by atoms with Gasteiger partial charge in [0.25, 0.3) is 5.56 Å². The Labute approximate surface area is 107 Å². The molecule has 1 unspecified atom stereocenters. The summed E-state index contributed by atoms with van der Waals surface area (Å²) in [6.07, 6.45) is -2.47. The number of aromatic amines is 1. The predicted octanol–water partition coefficient (Wildman–Crippen LogP) is -2.21. The van der Waals surface area contributed by atoms with Gasteiger partial charge in [0.15, 0.2) is 6.23 Å². The lowest BCUT2D eigenvalue weighted by molar-refractivity contribution is -0.0550. The molecule has 1 saturated heterocycles. The number of aliphatic hydroxyl groups is 3. The van der Waals surface area contributed by atoms with E-state index < -0.39 is 42.4 Å². The van der Waals surface area contributed by atoms with E-state index in [0.717, 1.165) is 4.57 Å². The maximum Gasteiger partial charge on any atom is 0.330 e. The molecule has 1 fully saturated rings. The first-order chi connectivity index (χ1) is 8.99. The summed E-state index contributed by atoms with van der Waals surface area (Å²) in [6, 6.07) is 0. The Balaban J connectivity index is 2.46. The van der Waals surface area contributed by atoms with Crippen molar-refractivity contribution in [1.82, 2.24) is 9.55 Å². The average molecular weight is 270 g/mol. The highest BCUT2D eigenvalue weighted by molar-refractivity contribution is 5.43. The molecule has 104 valence electrons. The van der Waals surface area contributed by atoms with Crippen LogP contribution in [0.4, 0.5) is 0 Å². The Morgan fingerprint density at radius 2 is 2.11 bits per heavy atom. The second kappa shape index (κ2) is 5.10. The monoisotopic (exact) mass is 270 g/mol. The largest absolute Gasteiger partial charge is 0.394 e. The summed E-state index contributed by atoms with van der Waals surface area (Å²) in [5.41, 5.74) is -1.27. The Hall–Kier alpha value is -1.74. The van der Waals surface area contributed by atoms with Crippen LogP contribution in [0.15, 0.2) is 22.4 Å². The van der Waals surface area contributed by atoms with Gasteiger partial charge in [-0.05, 0) is 0 Å². The molecule has 1 aromatic heterocycles. The van der Waals surface area contributed by atoms with Crippen molar-refractivity contribution < 1.29 is 20.1 Å². The van der Waals surface area contributed by atoms with Crippen LogP contribution < -0.4 is 11.2 Å². The number of nitrogens with zero attached hydrogens (tertiary/aromatic N) is 1. The summed E-state index contributed by atoms with van der Waals surface area (Å²) in [7, 11) is 0. The summed E-state index contributed by atoms with van der Waals surface area (Å²) in [5, 5.41) is 28.4. The molecule has 0 spiro atoms. The Kier molecular flexibility index (Phi) is 3.67. The fourth-order valence-electron chi connectivity index (χ4n) is 1.95. The van der Waals surface area contributed by atoms with Crippen LogP contribution >= 0.6 is 0 Å². The molecular formula is C11H14N2O6. The number of rotatable bonds is 3. The van der Waals surface area contributed by atoms with Gasteiger partial charge in [-0.25, -0.2) is 4.79 Å². The first-order valence-corrected chi connectivity index (χ1v) is 5.60. The van der Waals surface area contributed by atoms with E-state index in [9.17, 15) is 19.8 Å². The highest BCUT2D eigenvalue weighted by Crippen LogP contribution is 2.27. The van der Waals surface area contributed by atoms with E-state index in [1.807, 2.05) is 4.98 Å². The van der Waals surface area contributed by atoms with Gasteiger partial charge in [-0.15, -0.1) is 0 Å². The normalized spacial score (nSPS) is 30.5. The third-order valence-corrected chi connectivity index (χ3v) is 3.01. The predicted molar refractivity (Wildman–Crippen MR) is 64.4 cm³/mol. The van der Waals surface area contributed by atoms with Crippen LogP contribution in [0.5, 0.6) is 0 Å². The molecule has 19 heavy (non-hydrogen) atoms. The Morgan fingerprint density at radius 3 is 2.63 bits per heavy atom. The van der Waals surface area contributed by atoms with Crippen molar-refractivity contribution >= 4 is 6.08 Å². The van der Waals surface area contributed by atoms with Crippen LogP contribution in [-0.2, 0) is 4.74 Å². The summed E-state index contributed by atoms with van der Waals surface area (Å²) < 4.78 is 6.14. The van der Waals surface area contributed by atoms with Gasteiger partial charge in [-0.3, -0.25) is 14.3 Å². The molecule has 4 N–H and O–H groups in total. The average Bonchev–Trinajstić information content (AvgIpc) is 2.67. The van der Waals surface area contributed by atoms with Crippen LogP contribution in [0, 0.1) is 0 Å². The van der Waals surface area contributed by atoms with E-state index in [2.05, 4.69) is 6.58 Å². The van der Waals surface area contributed by atoms with E-state index in [-0.39, 0.29) is 5.56 Å². The minimum Gasteiger partial charge on any atom is -0.394 e. The van der Waals surface area contributed by atoms with Crippen molar-refractivity contribution in [1.29, 1.82) is 0 Å². The highest BCUT2D eigenvalue weighted by Gasteiger charge is 2.43. The molecule has 0 aliphatic carbocycles. The van der Waals surface area contributed by atoms with Crippen LogP contribution in [0.2, 0.25) is 0 Å². The van der Waals surface area contributed by atoms with Gasteiger partial charge in [0.05, 0.1) is 12.2 Å². The van der Waals surface area contributed by atoms with E-state index >= 15 is 0 Å². The maximum absolute atomic E-state index is 11.7. The number of nitrogens with one attached hydrogen (secondary N) is 1. The van der Waals surface area contributed by atoms with Crippen molar-refractivity contribution in [3.63, 3.8) is 0 Å². The summed E-state index contributed by atoms with van der Waals surface area (Å²) in [5.74, 6) is 0. The van der Waals surface area contributed by atoms with Gasteiger partial charge in [0.2, 0.25) is 0 Å². The minimum absolute atomic E-state index is 0.123. The van der Waals surface area contributed by atoms with Gasteiger partial charge in [0, 0.05) is 6.20 Å². The maximum atomic E-state index is 11.7. The number of aliphatic hydroxyl groups excluding tert-OH is 3. The summed E-state index contributed by atoms with van der Waals surface area (Å²) in [6.45, 7) is 2.93. The Morgan fingerprint density at radius 1 is 1.42 bits per heavy atom. The van der Waals surface area contributed by atoms with Crippen molar-refractivity contribution in [2.45, 2.75) is 24.5 Å². The quantitative estimate of drug-likeness (QED) is 0.493. The lowest BCUT2D eigenvalue weighted by Crippen LogP contribution is -2.38. The molecule has 1 aliphatic rings. The van der Waals surface area contributed by atoms with Crippen molar-refractivity contribution in [3.8, 4) is 0 Å². The first-order valence-electron chi connectivity index (χ1n) is 5.60. The van der Waals surface area contributed by atoms with Gasteiger partial charge >= 0.3 is 5.69 Å². The molecule has 1 aliphatic heterocycles. The lowest BCUT2D eigenvalue weighted by atomic mass is 10.1. The molecule has 0 aromatic carbocycles. The molecule has 8 heteroatoms. The van der Waals surface area contributed by atoms with Crippen LogP contribution in [-0.4, -0.2) is 49.8 Å². The molecule has 2 heterocycles. The van der Waals surface area contributed by atoms with E-state index in [1.165, 1.54) is 12.3 Å². The van der Waals surface area contributed by atoms with Gasteiger partial charge in [-0.1, -0.05) is 12.7 Å². The number of aromatic nitrogens is 2. The van der Waals surface area contributed by atoms with Crippen LogP contribution in [0.3, 0.4) is 0 Å². The molecule has 2 rings (SSSR count). The number of hydrogen-bond donors (Lipinski definition) is 4. The zero-order chi connectivity index (χ0) is 14.2. The smallest absolute Gasteiger partial charge is 0.330 e. The molecule has 0 saturated carbocycles. The SMILES string of the molecule is C=Cc1cn([C@@H]2OC(CO)[C@@H](O)[C@@H]2O)c(=O)[nH]c1=O. The molecule has 0 radical (unpaired) electrons. The molecular weight excluding hydrogens is 256 g/mol. The van der Waals surface area contributed by atoms with Crippen LogP contribution in [0.25, 0.3) is 6.08 Å². The van der Waals surface area contributed by atoms with E-state index in [0.29, 0.717) is 0 Å². The third-order valence-electron chi connectivity index (χ3n) is 3.01. The molecule has 1 aromatic rings. The van der Waals surface area contributed by atoms with Gasteiger partial charge in [-0.2, -0.15) is 0 Å². The Bertz CT molecular complexity index is 592. The minimum atomic E-state index is -1.39. The fraction of sp³-hybridized carbons (Fsp3) is 0.455.